The predicted molar refractivity (Wildman–Crippen MR) is 69.3 cm³/mol. The van der Waals surface area contributed by atoms with Gasteiger partial charge in [-0.15, -0.1) is 0 Å². The van der Waals surface area contributed by atoms with E-state index >= 15 is 0 Å². The second kappa shape index (κ2) is 5.53. The van der Waals surface area contributed by atoms with E-state index in [1.165, 1.54) is 0 Å². The molecule has 1 atom stereocenters. The van der Waals surface area contributed by atoms with Crippen molar-refractivity contribution in [1.82, 2.24) is 10.2 Å². The third-order valence-corrected chi connectivity index (χ3v) is 3.22. The van der Waals surface area contributed by atoms with Crippen LogP contribution >= 0.6 is 0 Å². The number of hydrogen-bond donors (Lipinski definition) is 1. The summed E-state index contributed by atoms with van der Waals surface area (Å²) in [6, 6.07) is 8.14. The first-order valence-electron chi connectivity index (χ1n) is 6.26. The molecule has 1 saturated heterocycles. The number of nitriles is 1. The molecule has 2 rings (SSSR count). The predicted octanol–water partition coefficient (Wildman–Crippen LogP) is 0.909. The highest BCUT2D eigenvalue weighted by atomic mass is 16.2. The zero-order valence-electron chi connectivity index (χ0n) is 10.7. The molecule has 19 heavy (non-hydrogen) atoms. The standard InChI is InChI=1S/C14H15N3O2/c1-2-12-13(18)16-6-7-17(12)14(19)11-5-3-4-10(8-11)9-15/h3-5,8,12H,2,6-7H2,1H3,(H,16,18). The Kier molecular flexibility index (Phi) is 3.81. The molecule has 1 fully saturated rings. The van der Waals surface area contributed by atoms with E-state index in [1.807, 2.05) is 13.0 Å². The minimum atomic E-state index is -0.424. The van der Waals surface area contributed by atoms with Crippen LogP contribution in [0.5, 0.6) is 0 Å². The van der Waals surface area contributed by atoms with Crippen LogP contribution < -0.4 is 5.32 Å². The fourth-order valence-electron chi connectivity index (χ4n) is 2.25. The van der Waals surface area contributed by atoms with Crippen LogP contribution in [0.4, 0.5) is 0 Å². The SMILES string of the molecule is CCC1C(=O)NCCN1C(=O)c1cccc(C#N)c1. The molecule has 1 aromatic rings. The second-order valence-electron chi connectivity index (χ2n) is 4.41. The number of hydrogen-bond acceptors (Lipinski definition) is 3. The molecule has 5 heteroatoms. The van der Waals surface area contributed by atoms with Gasteiger partial charge in [-0.25, -0.2) is 0 Å². The van der Waals surface area contributed by atoms with Gasteiger partial charge >= 0.3 is 0 Å². The van der Waals surface area contributed by atoms with Crippen LogP contribution in [0.25, 0.3) is 0 Å². The Morgan fingerprint density at radius 3 is 3.05 bits per heavy atom. The highest BCUT2D eigenvalue weighted by molar-refractivity contribution is 5.98. The van der Waals surface area contributed by atoms with Crippen molar-refractivity contribution in [2.24, 2.45) is 0 Å². The highest BCUT2D eigenvalue weighted by Crippen LogP contribution is 2.14. The second-order valence-corrected chi connectivity index (χ2v) is 4.41. The van der Waals surface area contributed by atoms with Crippen LogP contribution in [0.3, 0.4) is 0 Å². The summed E-state index contributed by atoms with van der Waals surface area (Å²) in [4.78, 5) is 25.7. The quantitative estimate of drug-likeness (QED) is 0.855. The molecule has 1 unspecified atom stereocenters. The first-order chi connectivity index (χ1) is 9.17. The fraction of sp³-hybridized carbons (Fsp3) is 0.357. The van der Waals surface area contributed by atoms with E-state index in [4.69, 9.17) is 5.26 Å². The number of benzene rings is 1. The van der Waals surface area contributed by atoms with Gasteiger partial charge in [-0.05, 0) is 24.6 Å². The van der Waals surface area contributed by atoms with Crippen molar-refractivity contribution in [3.8, 4) is 6.07 Å². The van der Waals surface area contributed by atoms with E-state index in [9.17, 15) is 9.59 Å². The lowest BCUT2D eigenvalue weighted by atomic mass is 10.1. The maximum atomic E-state index is 12.4. The zero-order valence-corrected chi connectivity index (χ0v) is 10.7. The number of carbonyl (C=O) groups excluding carboxylic acids is 2. The normalized spacial score (nSPS) is 18.6. The molecule has 0 bridgehead atoms. The number of amides is 2. The van der Waals surface area contributed by atoms with E-state index in [0.717, 1.165) is 0 Å². The Hall–Kier alpha value is -2.35. The summed E-state index contributed by atoms with van der Waals surface area (Å²) < 4.78 is 0. The minimum Gasteiger partial charge on any atom is -0.353 e. The number of carbonyl (C=O) groups is 2. The Balaban J connectivity index is 2.27. The van der Waals surface area contributed by atoms with E-state index in [1.54, 1.807) is 29.2 Å². The molecule has 2 amide bonds. The molecule has 0 aromatic heterocycles. The molecule has 5 nitrogen and oxygen atoms in total. The van der Waals surface area contributed by atoms with Gasteiger partial charge in [0.2, 0.25) is 5.91 Å². The zero-order chi connectivity index (χ0) is 13.8. The van der Waals surface area contributed by atoms with Gasteiger partial charge in [0.25, 0.3) is 5.91 Å². The molecule has 0 aliphatic carbocycles. The average Bonchev–Trinajstić information content (AvgIpc) is 2.46. The third kappa shape index (κ3) is 2.58. The molecule has 1 heterocycles. The van der Waals surface area contributed by atoms with Crippen LogP contribution in [0.1, 0.15) is 29.3 Å². The molecule has 0 saturated carbocycles. The first kappa shape index (κ1) is 13.1. The van der Waals surface area contributed by atoms with Crippen molar-refractivity contribution >= 4 is 11.8 Å². The van der Waals surface area contributed by atoms with Crippen LogP contribution in [0, 0.1) is 11.3 Å². The molecule has 1 aromatic carbocycles. The molecule has 0 radical (unpaired) electrons. The summed E-state index contributed by atoms with van der Waals surface area (Å²) in [5, 5.41) is 11.6. The van der Waals surface area contributed by atoms with Crippen molar-refractivity contribution in [1.29, 1.82) is 5.26 Å². The van der Waals surface area contributed by atoms with Gasteiger partial charge in [-0.3, -0.25) is 9.59 Å². The van der Waals surface area contributed by atoms with Gasteiger partial charge in [0.15, 0.2) is 0 Å². The Morgan fingerprint density at radius 1 is 1.58 bits per heavy atom. The number of nitrogens with one attached hydrogen (secondary N) is 1. The summed E-state index contributed by atoms with van der Waals surface area (Å²) in [5.74, 6) is -0.308. The smallest absolute Gasteiger partial charge is 0.254 e. The van der Waals surface area contributed by atoms with Crippen LogP contribution in [-0.2, 0) is 4.79 Å². The van der Waals surface area contributed by atoms with Gasteiger partial charge in [-0.2, -0.15) is 5.26 Å². The van der Waals surface area contributed by atoms with Crippen LogP contribution in [-0.4, -0.2) is 35.8 Å². The Labute approximate surface area is 111 Å². The van der Waals surface area contributed by atoms with Crippen molar-refractivity contribution in [2.75, 3.05) is 13.1 Å². The average molecular weight is 257 g/mol. The topological polar surface area (TPSA) is 73.2 Å². The van der Waals surface area contributed by atoms with Crippen LogP contribution in [0.15, 0.2) is 24.3 Å². The number of nitrogens with zero attached hydrogens (tertiary/aromatic N) is 2. The monoisotopic (exact) mass is 257 g/mol. The molecular formula is C14H15N3O2. The van der Waals surface area contributed by atoms with E-state index < -0.39 is 6.04 Å². The molecule has 98 valence electrons. The molecule has 1 aliphatic rings. The third-order valence-electron chi connectivity index (χ3n) is 3.22. The maximum Gasteiger partial charge on any atom is 0.254 e. The largest absolute Gasteiger partial charge is 0.353 e. The van der Waals surface area contributed by atoms with Crippen molar-refractivity contribution in [3.63, 3.8) is 0 Å². The lowest BCUT2D eigenvalue weighted by Gasteiger charge is -2.34. The Bertz CT molecular complexity index is 548. The van der Waals surface area contributed by atoms with E-state index in [2.05, 4.69) is 5.32 Å². The minimum absolute atomic E-state index is 0.112. The van der Waals surface area contributed by atoms with Crippen molar-refractivity contribution in [3.05, 3.63) is 35.4 Å². The highest BCUT2D eigenvalue weighted by Gasteiger charge is 2.31. The van der Waals surface area contributed by atoms with Gasteiger partial charge < -0.3 is 10.2 Å². The first-order valence-corrected chi connectivity index (χ1v) is 6.26. The summed E-state index contributed by atoms with van der Waals surface area (Å²) in [7, 11) is 0. The van der Waals surface area contributed by atoms with Gasteiger partial charge in [-0.1, -0.05) is 13.0 Å². The maximum absolute atomic E-state index is 12.4. The van der Waals surface area contributed by atoms with Crippen molar-refractivity contribution in [2.45, 2.75) is 19.4 Å². The molecule has 0 spiro atoms. The fourth-order valence-corrected chi connectivity index (χ4v) is 2.25. The van der Waals surface area contributed by atoms with Gasteiger partial charge in [0, 0.05) is 18.7 Å². The summed E-state index contributed by atoms with van der Waals surface area (Å²) in [6.45, 7) is 2.85. The summed E-state index contributed by atoms with van der Waals surface area (Å²) in [6.07, 6.45) is 0.579. The van der Waals surface area contributed by atoms with Gasteiger partial charge in [0.1, 0.15) is 6.04 Å². The van der Waals surface area contributed by atoms with Crippen LogP contribution in [0.2, 0.25) is 0 Å². The van der Waals surface area contributed by atoms with Crippen molar-refractivity contribution < 1.29 is 9.59 Å². The summed E-state index contributed by atoms with van der Waals surface area (Å²) in [5.41, 5.74) is 0.896. The van der Waals surface area contributed by atoms with E-state index in [0.29, 0.717) is 30.6 Å². The molecule has 1 aliphatic heterocycles. The molecule has 1 N–H and O–H groups in total. The molecular weight excluding hydrogens is 242 g/mol. The summed E-state index contributed by atoms with van der Waals surface area (Å²) >= 11 is 0. The van der Waals surface area contributed by atoms with E-state index in [-0.39, 0.29) is 11.8 Å². The lowest BCUT2D eigenvalue weighted by molar-refractivity contribution is -0.127. The lowest BCUT2D eigenvalue weighted by Crippen LogP contribution is -2.56. The number of rotatable bonds is 2. The number of piperazine rings is 1. The van der Waals surface area contributed by atoms with Gasteiger partial charge in [0.05, 0.1) is 11.6 Å². The Morgan fingerprint density at radius 2 is 2.37 bits per heavy atom.